The molecular weight excluding hydrogens is 558 g/mol. The highest BCUT2D eigenvalue weighted by atomic mass is 15.1. The number of para-hydroxylation sites is 1. The predicted octanol–water partition coefficient (Wildman–Crippen LogP) is 11.3. The molecule has 0 aliphatic heterocycles. The summed E-state index contributed by atoms with van der Waals surface area (Å²) in [5.74, 6) is 0.944. The van der Waals surface area contributed by atoms with E-state index in [1.807, 2.05) is 0 Å². The standard InChI is InChI=1S/C43H31N3/c1-2-45-39-19-11-10-16-35(39)38-28-30(24-27-40(38)45)21-20-29-22-25-32(26-23-29)46-42-37-18-9-7-15-34(37)33-14-6-8-17-36(33)41(42)44-43(46)31-12-4-3-5-13-31/h3-28H,2H2,1H3/b21-20+. The van der Waals surface area contributed by atoms with Gasteiger partial charge in [-0.05, 0) is 59.2 Å². The van der Waals surface area contributed by atoms with Crippen molar-refractivity contribution in [1.29, 1.82) is 0 Å². The summed E-state index contributed by atoms with van der Waals surface area (Å²) in [4.78, 5) is 5.34. The summed E-state index contributed by atoms with van der Waals surface area (Å²) < 4.78 is 4.73. The normalized spacial score (nSPS) is 12.0. The van der Waals surface area contributed by atoms with Crippen molar-refractivity contribution in [2.45, 2.75) is 13.5 Å². The lowest BCUT2D eigenvalue weighted by Gasteiger charge is -2.13. The van der Waals surface area contributed by atoms with E-state index in [2.05, 4.69) is 174 Å². The summed E-state index contributed by atoms with van der Waals surface area (Å²) in [5.41, 5.74) is 9.27. The second-order valence-electron chi connectivity index (χ2n) is 11.9. The molecule has 0 spiro atoms. The summed E-state index contributed by atoms with van der Waals surface area (Å²) in [6.45, 7) is 3.17. The minimum atomic E-state index is 0.944. The number of rotatable bonds is 5. The van der Waals surface area contributed by atoms with Crippen molar-refractivity contribution in [3.63, 3.8) is 0 Å². The van der Waals surface area contributed by atoms with Crippen molar-refractivity contribution in [2.24, 2.45) is 0 Å². The number of aromatic nitrogens is 3. The van der Waals surface area contributed by atoms with Crippen molar-refractivity contribution >= 4 is 66.5 Å². The van der Waals surface area contributed by atoms with Crippen molar-refractivity contribution in [2.75, 3.05) is 0 Å². The van der Waals surface area contributed by atoms with Gasteiger partial charge in [0, 0.05) is 50.4 Å². The van der Waals surface area contributed by atoms with E-state index in [0.717, 1.165) is 40.2 Å². The second-order valence-corrected chi connectivity index (χ2v) is 11.9. The van der Waals surface area contributed by atoms with Crippen molar-refractivity contribution in [3.05, 3.63) is 157 Å². The number of imidazole rings is 1. The Morgan fingerprint density at radius 3 is 1.87 bits per heavy atom. The van der Waals surface area contributed by atoms with Gasteiger partial charge in [0.1, 0.15) is 5.82 Å². The highest BCUT2D eigenvalue weighted by Gasteiger charge is 2.19. The van der Waals surface area contributed by atoms with E-state index in [4.69, 9.17) is 4.98 Å². The van der Waals surface area contributed by atoms with Crippen molar-refractivity contribution in [3.8, 4) is 17.1 Å². The highest BCUT2D eigenvalue weighted by molar-refractivity contribution is 6.24. The van der Waals surface area contributed by atoms with Gasteiger partial charge in [-0.25, -0.2) is 4.98 Å². The molecule has 0 N–H and O–H groups in total. The number of benzene rings is 7. The van der Waals surface area contributed by atoms with Crippen LogP contribution in [0.25, 0.3) is 83.6 Å². The van der Waals surface area contributed by atoms with Crippen molar-refractivity contribution in [1.82, 2.24) is 14.1 Å². The molecule has 2 heterocycles. The Morgan fingerprint density at radius 2 is 1.11 bits per heavy atom. The maximum atomic E-state index is 5.34. The smallest absolute Gasteiger partial charge is 0.145 e. The summed E-state index contributed by atoms with van der Waals surface area (Å²) in [6, 6.07) is 52.2. The first kappa shape index (κ1) is 26.5. The molecule has 0 bridgehead atoms. The third-order valence-electron chi connectivity index (χ3n) is 9.30. The Kier molecular flexibility index (Phi) is 6.10. The van der Waals surface area contributed by atoms with E-state index in [0.29, 0.717) is 0 Å². The summed E-state index contributed by atoms with van der Waals surface area (Å²) in [7, 11) is 0. The van der Waals surface area contributed by atoms with Crippen LogP contribution in [0.4, 0.5) is 0 Å². The zero-order valence-electron chi connectivity index (χ0n) is 25.6. The van der Waals surface area contributed by atoms with Crippen molar-refractivity contribution < 1.29 is 0 Å². The topological polar surface area (TPSA) is 22.8 Å². The van der Waals surface area contributed by atoms with Gasteiger partial charge in [-0.15, -0.1) is 0 Å². The van der Waals surface area contributed by atoms with Crippen LogP contribution in [0.5, 0.6) is 0 Å². The molecule has 9 aromatic rings. The molecule has 0 unspecified atom stereocenters. The minimum Gasteiger partial charge on any atom is -0.341 e. The van der Waals surface area contributed by atoms with Crippen LogP contribution in [0.1, 0.15) is 18.1 Å². The average molecular weight is 590 g/mol. The van der Waals surface area contributed by atoms with Crippen LogP contribution < -0.4 is 0 Å². The molecule has 3 nitrogen and oxygen atoms in total. The third kappa shape index (κ3) is 4.09. The molecule has 3 heteroatoms. The summed E-state index contributed by atoms with van der Waals surface area (Å²) in [6.07, 6.45) is 4.42. The molecule has 0 aliphatic carbocycles. The second kappa shape index (κ2) is 10.6. The lowest BCUT2D eigenvalue weighted by atomic mass is 10.00. The fraction of sp³-hybridized carbons (Fsp3) is 0.0465. The van der Waals surface area contributed by atoms with Gasteiger partial charge in [-0.1, -0.05) is 127 Å². The Hall–Kier alpha value is -5.93. The number of hydrogen-bond donors (Lipinski definition) is 0. The zero-order valence-corrected chi connectivity index (χ0v) is 25.6. The fourth-order valence-electron chi connectivity index (χ4n) is 7.18. The molecule has 0 saturated carbocycles. The molecule has 0 fully saturated rings. The average Bonchev–Trinajstić information content (AvgIpc) is 3.68. The van der Waals surface area contributed by atoms with Gasteiger partial charge in [0.2, 0.25) is 0 Å². The van der Waals surface area contributed by atoms with Crippen LogP contribution in [0.2, 0.25) is 0 Å². The molecular formula is C43H31N3. The lowest BCUT2D eigenvalue weighted by molar-refractivity contribution is 0.827. The number of nitrogens with zero attached hydrogens (tertiary/aromatic N) is 3. The summed E-state index contributed by atoms with van der Waals surface area (Å²) in [5, 5.41) is 7.45. The van der Waals surface area contributed by atoms with E-state index >= 15 is 0 Å². The van der Waals surface area contributed by atoms with Gasteiger partial charge in [0.15, 0.2) is 0 Å². The van der Waals surface area contributed by atoms with Gasteiger partial charge in [0.05, 0.1) is 11.0 Å². The molecule has 0 atom stereocenters. The maximum absolute atomic E-state index is 5.34. The third-order valence-corrected chi connectivity index (χ3v) is 9.30. The van der Waals surface area contributed by atoms with E-state index in [1.54, 1.807) is 0 Å². The fourth-order valence-corrected chi connectivity index (χ4v) is 7.18. The largest absolute Gasteiger partial charge is 0.341 e. The SMILES string of the molecule is CCn1c2ccccc2c2cc(/C=C/c3ccc(-n4c(-c5ccccc5)nc5c6ccccc6c6ccccc6c54)cc3)ccc21. The molecule has 2 aromatic heterocycles. The Labute approximate surface area is 267 Å². The molecule has 9 rings (SSSR count). The number of aryl methyl sites for hydroxylation is 1. The Balaban J connectivity index is 1.17. The first-order valence-electron chi connectivity index (χ1n) is 16.0. The molecule has 218 valence electrons. The molecule has 0 amide bonds. The monoisotopic (exact) mass is 589 g/mol. The Bertz CT molecular complexity index is 2600. The van der Waals surface area contributed by atoms with Crippen LogP contribution in [-0.2, 0) is 6.54 Å². The molecule has 0 radical (unpaired) electrons. The maximum Gasteiger partial charge on any atom is 0.145 e. The van der Waals surface area contributed by atoms with Crippen LogP contribution in [-0.4, -0.2) is 14.1 Å². The number of hydrogen-bond acceptors (Lipinski definition) is 1. The first-order chi connectivity index (χ1) is 22.8. The zero-order chi connectivity index (χ0) is 30.6. The molecule has 0 saturated heterocycles. The van der Waals surface area contributed by atoms with E-state index < -0.39 is 0 Å². The van der Waals surface area contributed by atoms with E-state index in [1.165, 1.54) is 48.9 Å². The Morgan fingerprint density at radius 1 is 0.522 bits per heavy atom. The van der Waals surface area contributed by atoms with Gasteiger partial charge >= 0.3 is 0 Å². The van der Waals surface area contributed by atoms with Crippen LogP contribution in [0.3, 0.4) is 0 Å². The predicted molar refractivity (Wildman–Crippen MR) is 196 cm³/mol. The molecule has 46 heavy (non-hydrogen) atoms. The van der Waals surface area contributed by atoms with Gasteiger partial charge in [-0.3, -0.25) is 4.57 Å². The van der Waals surface area contributed by atoms with E-state index in [9.17, 15) is 0 Å². The van der Waals surface area contributed by atoms with Crippen LogP contribution in [0.15, 0.2) is 146 Å². The van der Waals surface area contributed by atoms with Gasteiger partial charge < -0.3 is 4.57 Å². The molecule has 7 aromatic carbocycles. The van der Waals surface area contributed by atoms with Crippen LogP contribution >= 0.6 is 0 Å². The van der Waals surface area contributed by atoms with Crippen LogP contribution in [0, 0.1) is 0 Å². The number of fused-ring (bicyclic) bond motifs is 9. The van der Waals surface area contributed by atoms with Gasteiger partial charge in [0.25, 0.3) is 0 Å². The lowest BCUT2D eigenvalue weighted by Crippen LogP contribution is -1.98. The van der Waals surface area contributed by atoms with Gasteiger partial charge in [-0.2, -0.15) is 0 Å². The summed E-state index contributed by atoms with van der Waals surface area (Å²) >= 11 is 0. The first-order valence-corrected chi connectivity index (χ1v) is 16.0. The minimum absolute atomic E-state index is 0.944. The van der Waals surface area contributed by atoms with E-state index in [-0.39, 0.29) is 0 Å². The highest BCUT2D eigenvalue weighted by Crippen LogP contribution is 2.39. The quantitative estimate of drug-likeness (QED) is 0.145. The molecule has 0 aliphatic rings.